The van der Waals surface area contributed by atoms with E-state index in [2.05, 4.69) is 19.1 Å². The SMILES string of the molecule is C[C@]12C[C@H](c3ccc(C=O)cc3)C3=C4CCC5(C[C@]4(O)CC[C@H]3[C@@H]1CC[C@@]2(O)CCCOC1CCCCO1)OCCO5. The lowest BCUT2D eigenvalue weighted by molar-refractivity contribution is -0.208. The van der Waals surface area contributed by atoms with E-state index in [-0.39, 0.29) is 17.6 Å². The van der Waals surface area contributed by atoms with Gasteiger partial charge in [0, 0.05) is 43.0 Å². The second-order valence-electron chi connectivity index (χ2n) is 14.3. The van der Waals surface area contributed by atoms with Crippen LogP contribution in [0.3, 0.4) is 0 Å². The molecule has 2 N–H and O–H groups in total. The Bertz CT molecular complexity index is 1180. The zero-order valence-electron chi connectivity index (χ0n) is 25.2. The fraction of sp³-hybridized carbons (Fsp3) is 0.743. The molecule has 0 radical (unpaired) electrons. The molecule has 3 saturated carbocycles. The average molecular weight is 581 g/mol. The summed E-state index contributed by atoms with van der Waals surface area (Å²) in [6.45, 7) is 4.91. The average Bonchev–Trinajstić information content (AvgIpc) is 3.56. The van der Waals surface area contributed by atoms with Gasteiger partial charge in [-0.15, -0.1) is 0 Å². The Morgan fingerprint density at radius 3 is 2.55 bits per heavy atom. The molecule has 7 heteroatoms. The molecule has 2 heterocycles. The van der Waals surface area contributed by atoms with Gasteiger partial charge in [-0.1, -0.05) is 36.8 Å². The summed E-state index contributed by atoms with van der Waals surface area (Å²) < 4.78 is 24.0. The number of ether oxygens (including phenoxy) is 4. The van der Waals surface area contributed by atoms with E-state index < -0.39 is 17.0 Å². The number of fused-ring (bicyclic) bond motifs is 4. The molecule has 42 heavy (non-hydrogen) atoms. The van der Waals surface area contributed by atoms with Gasteiger partial charge < -0.3 is 29.2 Å². The summed E-state index contributed by atoms with van der Waals surface area (Å²) >= 11 is 0. The molecular weight excluding hydrogens is 532 g/mol. The third-order valence-electron chi connectivity index (χ3n) is 12.2. The lowest BCUT2D eigenvalue weighted by Crippen LogP contribution is -2.55. The van der Waals surface area contributed by atoms with Crippen LogP contribution in [-0.4, -0.2) is 66.2 Å². The second-order valence-corrected chi connectivity index (χ2v) is 14.3. The highest BCUT2D eigenvalue weighted by atomic mass is 16.7. The molecule has 1 unspecified atom stereocenters. The van der Waals surface area contributed by atoms with Crippen molar-refractivity contribution in [2.24, 2.45) is 17.3 Å². The molecule has 2 saturated heterocycles. The second kappa shape index (κ2) is 11.1. The van der Waals surface area contributed by atoms with Crippen LogP contribution in [0, 0.1) is 17.3 Å². The molecule has 7 rings (SSSR count). The van der Waals surface area contributed by atoms with Gasteiger partial charge in [-0.05, 0) is 93.6 Å². The molecule has 230 valence electrons. The number of aliphatic hydroxyl groups is 2. The number of hydrogen-bond donors (Lipinski definition) is 2. The smallest absolute Gasteiger partial charge is 0.171 e. The zero-order valence-corrected chi connectivity index (χ0v) is 25.2. The number of allylic oxidation sites excluding steroid dienone is 1. The Morgan fingerprint density at radius 2 is 1.81 bits per heavy atom. The molecular formula is C35H48O7. The van der Waals surface area contributed by atoms with E-state index in [1.165, 1.54) is 16.7 Å². The minimum absolute atomic E-state index is 0.0924. The number of rotatable bonds is 7. The maximum absolute atomic E-state index is 12.4. The van der Waals surface area contributed by atoms with Crippen molar-refractivity contribution < 1.29 is 34.0 Å². The van der Waals surface area contributed by atoms with Crippen LogP contribution in [0.15, 0.2) is 35.4 Å². The summed E-state index contributed by atoms with van der Waals surface area (Å²) in [5.41, 5.74) is 2.52. The number of aldehydes is 1. The summed E-state index contributed by atoms with van der Waals surface area (Å²) in [6.07, 6.45) is 11.9. The van der Waals surface area contributed by atoms with E-state index in [1.807, 2.05) is 12.1 Å². The summed E-state index contributed by atoms with van der Waals surface area (Å²) in [4.78, 5) is 11.5. The normalized spacial score (nSPS) is 40.9. The quantitative estimate of drug-likeness (QED) is 0.238. The van der Waals surface area contributed by atoms with Gasteiger partial charge in [0.1, 0.15) is 6.29 Å². The van der Waals surface area contributed by atoms with Crippen molar-refractivity contribution in [2.75, 3.05) is 26.4 Å². The molecule has 0 bridgehead atoms. The monoisotopic (exact) mass is 580 g/mol. The standard InChI is InChI=1S/C35H48O7/c1-32-21-27(25-8-6-24(22-36)7-9-25)31-26(10-14-33(37)23-35(16-12-29(31)33)41-19-20-42-35)28(32)11-15-34(32,38)13-4-18-40-30-5-2-3-17-39-30/h6-9,22,26-28,30,37-38H,2-5,10-21,23H2,1H3/t26-,27+,28-,30?,32-,33+,34-/m0/s1. The van der Waals surface area contributed by atoms with Crippen molar-refractivity contribution in [1.82, 2.24) is 0 Å². The van der Waals surface area contributed by atoms with Crippen molar-refractivity contribution in [1.29, 1.82) is 0 Å². The first-order valence-electron chi connectivity index (χ1n) is 16.5. The molecule has 0 aromatic heterocycles. The Hall–Kier alpha value is -1.61. The maximum Gasteiger partial charge on any atom is 0.171 e. The van der Waals surface area contributed by atoms with Crippen LogP contribution in [0.5, 0.6) is 0 Å². The van der Waals surface area contributed by atoms with E-state index in [0.29, 0.717) is 50.1 Å². The molecule has 5 fully saturated rings. The number of hydrogen-bond acceptors (Lipinski definition) is 7. The van der Waals surface area contributed by atoms with Gasteiger partial charge in [0.2, 0.25) is 0 Å². The summed E-state index contributed by atoms with van der Waals surface area (Å²) in [7, 11) is 0. The summed E-state index contributed by atoms with van der Waals surface area (Å²) in [6, 6.07) is 8.01. The highest BCUT2D eigenvalue weighted by Gasteiger charge is 2.64. The number of carbonyl (C=O) groups excluding carboxylic acids is 1. The highest BCUT2D eigenvalue weighted by Crippen LogP contribution is 2.68. The van der Waals surface area contributed by atoms with Crippen molar-refractivity contribution in [2.45, 2.75) is 120 Å². The fourth-order valence-electron chi connectivity index (χ4n) is 10.0. The Labute approximate surface area is 249 Å². The van der Waals surface area contributed by atoms with Crippen LogP contribution >= 0.6 is 0 Å². The predicted molar refractivity (Wildman–Crippen MR) is 157 cm³/mol. The Balaban J connectivity index is 1.19. The molecule has 7 atom stereocenters. The molecule has 4 aliphatic carbocycles. The van der Waals surface area contributed by atoms with Gasteiger partial charge in [-0.3, -0.25) is 4.79 Å². The predicted octanol–water partition coefficient (Wildman–Crippen LogP) is 5.82. The van der Waals surface area contributed by atoms with Crippen molar-refractivity contribution in [3.05, 3.63) is 46.5 Å². The van der Waals surface area contributed by atoms with Crippen LogP contribution in [-0.2, 0) is 18.9 Å². The lowest BCUT2D eigenvalue weighted by atomic mass is 9.49. The minimum atomic E-state index is -0.920. The van der Waals surface area contributed by atoms with Gasteiger partial charge in [0.25, 0.3) is 0 Å². The number of carbonyl (C=O) groups is 1. The van der Waals surface area contributed by atoms with Crippen LogP contribution in [0.2, 0.25) is 0 Å². The van der Waals surface area contributed by atoms with Crippen LogP contribution in [0.25, 0.3) is 0 Å². The van der Waals surface area contributed by atoms with E-state index in [1.54, 1.807) is 0 Å². The minimum Gasteiger partial charge on any atom is -0.389 e. The van der Waals surface area contributed by atoms with Crippen LogP contribution in [0.4, 0.5) is 0 Å². The molecule has 7 nitrogen and oxygen atoms in total. The molecule has 6 aliphatic rings. The first kappa shape index (κ1) is 29.1. The Morgan fingerprint density at radius 1 is 1.00 bits per heavy atom. The van der Waals surface area contributed by atoms with E-state index >= 15 is 0 Å². The van der Waals surface area contributed by atoms with E-state index in [0.717, 1.165) is 83.5 Å². The van der Waals surface area contributed by atoms with Crippen molar-refractivity contribution in [3.8, 4) is 0 Å². The molecule has 2 aliphatic heterocycles. The zero-order chi connectivity index (χ0) is 29.0. The number of benzene rings is 1. The first-order valence-corrected chi connectivity index (χ1v) is 16.5. The van der Waals surface area contributed by atoms with Gasteiger partial charge in [-0.25, -0.2) is 0 Å². The third-order valence-corrected chi connectivity index (χ3v) is 12.2. The topological polar surface area (TPSA) is 94.5 Å². The lowest BCUT2D eigenvalue weighted by Gasteiger charge is -2.57. The fourth-order valence-corrected chi connectivity index (χ4v) is 10.0. The van der Waals surface area contributed by atoms with E-state index in [4.69, 9.17) is 18.9 Å². The highest BCUT2D eigenvalue weighted by molar-refractivity contribution is 5.74. The van der Waals surface area contributed by atoms with Gasteiger partial charge in [0.15, 0.2) is 12.1 Å². The maximum atomic E-state index is 12.4. The van der Waals surface area contributed by atoms with Gasteiger partial charge >= 0.3 is 0 Å². The van der Waals surface area contributed by atoms with E-state index in [9.17, 15) is 15.0 Å². The van der Waals surface area contributed by atoms with Crippen LogP contribution in [0.1, 0.15) is 112 Å². The Kier molecular flexibility index (Phi) is 7.68. The molecule has 0 amide bonds. The summed E-state index contributed by atoms with van der Waals surface area (Å²) in [5.74, 6) is 0.135. The summed E-state index contributed by atoms with van der Waals surface area (Å²) in [5, 5.41) is 24.6. The first-order chi connectivity index (χ1) is 20.3. The third kappa shape index (κ3) is 4.83. The molecule has 1 spiro atoms. The van der Waals surface area contributed by atoms with Crippen LogP contribution < -0.4 is 0 Å². The largest absolute Gasteiger partial charge is 0.389 e. The van der Waals surface area contributed by atoms with Gasteiger partial charge in [0.05, 0.1) is 24.4 Å². The van der Waals surface area contributed by atoms with Crippen molar-refractivity contribution in [3.63, 3.8) is 0 Å². The molecule has 1 aromatic rings. The van der Waals surface area contributed by atoms with Gasteiger partial charge in [-0.2, -0.15) is 0 Å². The van der Waals surface area contributed by atoms with Crippen molar-refractivity contribution >= 4 is 6.29 Å². The molecule has 1 aromatic carbocycles.